The lowest BCUT2D eigenvalue weighted by Gasteiger charge is -2.13. The number of fused-ring (bicyclic) bond motifs is 2. The molecule has 0 radical (unpaired) electrons. The molecule has 142 valence electrons. The fourth-order valence-corrected chi connectivity index (χ4v) is 4.25. The quantitative estimate of drug-likeness (QED) is 0.516. The van der Waals surface area contributed by atoms with Crippen molar-refractivity contribution in [3.05, 3.63) is 64.2 Å². The zero-order valence-electron chi connectivity index (χ0n) is 15.4. The highest BCUT2D eigenvalue weighted by molar-refractivity contribution is 7.18. The highest BCUT2D eigenvalue weighted by Crippen LogP contribution is 2.24. The van der Waals surface area contributed by atoms with Crippen LogP contribution in [0.15, 0.2) is 42.5 Å². The summed E-state index contributed by atoms with van der Waals surface area (Å²) in [6.45, 7) is 2.07. The summed E-state index contributed by atoms with van der Waals surface area (Å²) in [7, 11) is 0. The van der Waals surface area contributed by atoms with E-state index in [4.69, 9.17) is 0 Å². The van der Waals surface area contributed by atoms with Crippen molar-refractivity contribution >= 4 is 39.3 Å². The number of benzene rings is 2. The number of carbonyl (C=O) groups is 3. The van der Waals surface area contributed by atoms with Crippen molar-refractivity contribution in [1.82, 2.24) is 15.2 Å². The van der Waals surface area contributed by atoms with Gasteiger partial charge < -0.3 is 5.32 Å². The predicted octanol–water partition coefficient (Wildman–Crippen LogP) is 2.95. The van der Waals surface area contributed by atoms with Crippen LogP contribution in [0.3, 0.4) is 0 Å². The van der Waals surface area contributed by atoms with Gasteiger partial charge in [0.2, 0.25) is 5.91 Å². The molecular weight excluding hydrogens is 374 g/mol. The molecule has 7 heteroatoms. The van der Waals surface area contributed by atoms with E-state index >= 15 is 0 Å². The maximum absolute atomic E-state index is 12.4. The lowest BCUT2D eigenvalue weighted by molar-refractivity contribution is -0.121. The highest BCUT2D eigenvalue weighted by atomic mass is 32.1. The van der Waals surface area contributed by atoms with Crippen LogP contribution in [0.1, 0.15) is 37.7 Å². The molecular formula is C21H19N3O3S. The average molecular weight is 393 g/mol. The summed E-state index contributed by atoms with van der Waals surface area (Å²) in [5, 5.41) is 3.82. The van der Waals surface area contributed by atoms with Gasteiger partial charge in [0.25, 0.3) is 11.8 Å². The third kappa shape index (κ3) is 3.53. The summed E-state index contributed by atoms with van der Waals surface area (Å²) in [5.74, 6) is -1.16. The summed E-state index contributed by atoms with van der Waals surface area (Å²) in [6, 6.07) is 13.1. The summed E-state index contributed by atoms with van der Waals surface area (Å²) in [4.78, 5) is 42.6. The Kier molecular flexibility index (Phi) is 4.92. The SMILES string of the molecule is Cc1ccc2c(c1)C(=O)N(CC(=O)NCCCc1nc3ccccc3s1)C2=O. The molecule has 4 rings (SSSR count). The minimum atomic E-state index is -0.412. The van der Waals surface area contributed by atoms with E-state index in [1.807, 2.05) is 31.2 Å². The van der Waals surface area contributed by atoms with Gasteiger partial charge in [-0.2, -0.15) is 0 Å². The zero-order chi connectivity index (χ0) is 19.7. The lowest BCUT2D eigenvalue weighted by atomic mass is 10.1. The van der Waals surface area contributed by atoms with E-state index in [1.165, 1.54) is 0 Å². The minimum Gasteiger partial charge on any atom is -0.355 e. The molecule has 0 bridgehead atoms. The van der Waals surface area contributed by atoms with Crippen LogP contribution in [0.5, 0.6) is 0 Å². The largest absolute Gasteiger partial charge is 0.355 e. The van der Waals surface area contributed by atoms with Crippen LogP contribution in [0.2, 0.25) is 0 Å². The third-order valence-electron chi connectivity index (χ3n) is 4.66. The van der Waals surface area contributed by atoms with Crippen LogP contribution in [0.25, 0.3) is 10.2 Å². The molecule has 0 spiro atoms. The summed E-state index contributed by atoms with van der Waals surface area (Å²) >= 11 is 1.66. The Labute approximate surface area is 166 Å². The van der Waals surface area contributed by atoms with Gasteiger partial charge >= 0.3 is 0 Å². The molecule has 28 heavy (non-hydrogen) atoms. The number of carbonyl (C=O) groups excluding carboxylic acids is 3. The molecule has 0 unspecified atom stereocenters. The van der Waals surface area contributed by atoms with Crippen LogP contribution in [0.4, 0.5) is 0 Å². The van der Waals surface area contributed by atoms with E-state index in [-0.39, 0.29) is 12.5 Å². The number of aromatic nitrogens is 1. The molecule has 1 aliphatic rings. The second-order valence-electron chi connectivity index (χ2n) is 6.77. The van der Waals surface area contributed by atoms with Crippen LogP contribution in [-0.2, 0) is 11.2 Å². The number of imide groups is 1. The Morgan fingerprint density at radius 1 is 1.11 bits per heavy atom. The molecule has 0 saturated heterocycles. The van der Waals surface area contributed by atoms with Gasteiger partial charge in [0.1, 0.15) is 6.54 Å². The van der Waals surface area contributed by atoms with E-state index in [2.05, 4.69) is 10.3 Å². The number of nitrogens with one attached hydrogen (secondary N) is 1. The van der Waals surface area contributed by atoms with Gasteiger partial charge in [-0.25, -0.2) is 4.98 Å². The fourth-order valence-electron chi connectivity index (χ4n) is 3.24. The van der Waals surface area contributed by atoms with E-state index in [0.717, 1.165) is 38.5 Å². The number of para-hydroxylation sites is 1. The molecule has 0 saturated carbocycles. The first-order chi connectivity index (χ1) is 13.5. The van der Waals surface area contributed by atoms with Crippen molar-refractivity contribution in [1.29, 1.82) is 0 Å². The normalized spacial score (nSPS) is 13.2. The van der Waals surface area contributed by atoms with Gasteiger partial charge in [-0.3, -0.25) is 19.3 Å². The average Bonchev–Trinajstić information content (AvgIpc) is 3.20. The first-order valence-corrected chi connectivity index (χ1v) is 9.92. The van der Waals surface area contributed by atoms with E-state index in [0.29, 0.717) is 17.7 Å². The number of hydrogen-bond acceptors (Lipinski definition) is 5. The summed E-state index contributed by atoms with van der Waals surface area (Å²) in [6.07, 6.45) is 1.51. The molecule has 2 heterocycles. The first kappa shape index (κ1) is 18.3. The van der Waals surface area contributed by atoms with Crippen LogP contribution >= 0.6 is 11.3 Å². The van der Waals surface area contributed by atoms with Gasteiger partial charge in [0.15, 0.2) is 0 Å². The van der Waals surface area contributed by atoms with Gasteiger partial charge in [-0.1, -0.05) is 23.8 Å². The van der Waals surface area contributed by atoms with Crippen LogP contribution < -0.4 is 5.32 Å². The Bertz CT molecular complexity index is 1060. The molecule has 3 aromatic rings. The van der Waals surface area contributed by atoms with E-state index in [1.54, 1.807) is 29.5 Å². The molecule has 0 fully saturated rings. The van der Waals surface area contributed by atoms with Crippen LogP contribution in [0, 0.1) is 6.92 Å². The first-order valence-electron chi connectivity index (χ1n) is 9.11. The number of aryl methyl sites for hydroxylation is 2. The third-order valence-corrected chi connectivity index (χ3v) is 5.75. The Balaban J connectivity index is 1.28. The molecule has 0 atom stereocenters. The van der Waals surface area contributed by atoms with Crippen molar-refractivity contribution in [3.8, 4) is 0 Å². The number of nitrogens with zero attached hydrogens (tertiary/aromatic N) is 2. The second-order valence-corrected chi connectivity index (χ2v) is 7.89. The molecule has 1 aromatic heterocycles. The molecule has 2 aromatic carbocycles. The van der Waals surface area contributed by atoms with Gasteiger partial charge in [-0.15, -0.1) is 11.3 Å². The molecule has 6 nitrogen and oxygen atoms in total. The number of hydrogen-bond donors (Lipinski definition) is 1. The monoisotopic (exact) mass is 393 g/mol. The number of amides is 3. The maximum Gasteiger partial charge on any atom is 0.262 e. The van der Waals surface area contributed by atoms with Crippen molar-refractivity contribution in [2.45, 2.75) is 19.8 Å². The Morgan fingerprint density at radius 2 is 1.89 bits per heavy atom. The van der Waals surface area contributed by atoms with Gasteiger partial charge in [0, 0.05) is 13.0 Å². The topological polar surface area (TPSA) is 79.4 Å². The maximum atomic E-state index is 12.4. The lowest BCUT2D eigenvalue weighted by Crippen LogP contribution is -2.40. The predicted molar refractivity (Wildman–Crippen MR) is 107 cm³/mol. The summed E-state index contributed by atoms with van der Waals surface area (Å²) in [5.41, 5.74) is 2.63. The standard InChI is InChI=1S/C21H19N3O3S/c1-13-8-9-14-15(11-13)21(27)24(20(14)26)12-18(25)22-10-4-7-19-23-16-5-2-3-6-17(16)28-19/h2-3,5-6,8-9,11H,4,7,10,12H2,1H3,(H,22,25). The molecule has 0 aliphatic carbocycles. The summed E-state index contributed by atoms with van der Waals surface area (Å²) < 4.78 is 1.15. The van der Waals surface area contributed by atoms with Crippen molar-refractivity contribution < 1.29 is 14.4 Å². The minimum absolute atomic E-state index is 0.257. The Hall–Kier alpha value is -3.06. The van der Waals surface area contributed by atoms with Crippen molar-refractivity contribution in [2.75, 3.05) is 13.1 Å². The number of thiazole rings is 1. The van der Waals surface area contributed by atoms with Crippen molar-refractivity contribution in [2.24, 2.45) is 0 Å². The fraction of sp³-hybridized carbons (Fsp3) is 0.238. The van der Waals surface area contributed by atoms with Crippen LogP contribution in [-0.4, -0.2) is 40.7 Å². The Morgan fingerprint density at radius 3 is 2.71 bits per heavy atom. The van der Waals surface area contributed by atoms with E-state index in [9.17, 15) is 14.4 Å². The number of rotatable bonds is 6. The smallest absolute Gasteiger partial charge is 0.262 e. The van der Waals surface area contributed by atoms with E-state index < -0.39 is 11.8 Å². The van der Waals surface area contributed by atoms with Crippen molar-refractivity contribution in [3.63, 3.8) is 0 Å². The van der Waals surface area contributed by atoms with Gasteiger partial charge in [-0.05, 0) is 37.6 Å². The zero-order valence-corrected chi connectivity index (χ0v) is 16.2. The van der Waals surface area contributed by atoms with Gasteiger partial charge in [0.05, 0.1) is 26.4 Å². The molecule has 1 aliphatic heterocycles. The highest BCUT2D eigenvalue weighted by Gasteiger charge is 2.36. The molecule has 1 N–H and O–H groups in total. The molecule has 3 amide bonds. The second kappa shape index (κ2) is 7.52.